The van der Waals surface area contributed by atoms with E-state index in [4.69, 9.17) is 0 Å². The third kappa shape index (κ3) is 1.84. The second kappa shape index (κ2) is 4.76. The maximum Gasteiger partial charge on any atom is 0.232 e. The molecule has 0 atom stereocenters. The third-order valence-corrected chi connectivity index (χ3v) is 4.09. The van der Waals surface area contributed by atoms with E-state index < -0.39 is 0 Å². The Labute approximate surface area is 136 Å². The fourth-order valence-electron chi connectivity index (χ4n) is 2.88. The summed E-state index contributed by atoms with van der Waals surface area (Å²) in [4.78, 5) is 12.4. The monoisotopic (exact) mass is 315 g/mol. The van der Waals surface area contributed by atoms with E-state index in [9.17, 15) is 0 Å². The molecule has 0 bridgehead atoms. The number of aryl methyl sites for hydroxylation is 1. The van der Waals surface area contributed by atoms with Gasteiger partial charge in [-0.3, -0.25) is 0 Å². The number of aromatic nitrogens is 7. The Hall–Kier alpha value is -3.48. The highest BCUT2D eigenvalue weighted by Crippen LogP contribution is 2.20. The van der Waals surface area contributed by atoms with Gasteiger partial charge in [-0.05, 0) is 24.3 Å². The molecule has 0 radical (unpaired) electrons. The zero-order valence-corrected chi connectivity index (χ0v) is 12.9. The van der Waals surface area contributed by atoms with Crippen LogP contribution in [0.2, 0.25) is 0 Å². The van der Waals surface area contributed by atoms with Crippen molar-refractivity contribution >= 4 is 22.1 Å². The molecule has 0 spiro atoms. The largest absolute Gasteiger partial charge is 0.337 e. The highest BCUT2D eigenvalue weighted by Gasteiger charge is 2.14. The van der Waals surface area contributed by atoms with Gasteiger partial charge in [0.05, 0.1) is 28.3 Å². The minimum absolute atomic E-state index is 0.679. The molecule has 1 N–H and O–H groups in total. The number of para-hydroxylation sites is 4. The molecule has 3 heterocycles. The average Bonchev–Trinajstić information content (AvgIpc) is 3.31. The molecular weight excluding hydrogens is 302 g/mol. The molecule has 24 heavy (non-hydrogen) atoms. The normalized spacial score (nSPS) is 11.5. The molecule has 0 aliphatic heterocycles. The summed E-state index contributed by atoms with van der Waals surface area (Å²) in [7, 11) is 1.97. The summed E-state index contributed by atoms with van der Waals surface area (Å²) >= 11 is 0. The average molecular weight is 315 g/mol. The van der Waals surface area contributed by atoms with Crippen LogP contribution in [0.15, 0.2) is 54.7 Å². The fraction of sp³-hybridized carbons (Fsp3) is 0.0588. The minimum atomic E-state index is 0.679. The van der Waals surface area contributed by atoms with E-state index in [-0.39, 0.29) is 0 Å². The lowest BCUT2D eigenvalue weighted by atomic mass is 10.3. The van der Waals surface area contributed by atoms with E-state index in [0.29, 0.717) is 17.5 Å². The maximum absolute atomic E-state index is 4.63. The standard InChI is InChI=1S/C17H13N7/c1-23-15-9-5-4-8-13(15)20-17(23)24-10-14(21-22-24)16-18-11-6-2-3-7-12(11)19-16/h2-10H,1H3,(H,18,19). The zero-order chi connectivity index (χ0) is 16.1. The van der Waals surface area contributed by atoms with Gasteiger partial charge < -0.3 is 9.55 Å². The molecule has 7 heteroatoms. The van der Waals surface area contributed by atoms with Crippen LogP contribution >= 0.6 is 0 Å². The number of hydrogen-bond donors (Lipinski definition) is 1. The Balaban J connectivity index is 1.62. The molecular formula is C17H13N7. The molecule has 0 unspecified atom stereocenters. The van der Waals surface area contributed by atoms with E-state index in [1.807, 2.05) is 66.3 Å². The van der Waals surface area contributed by atoms with Crippen LogP contribution in [0, 0.1) is 0 Å². The maximum atomic E-state index is 4.63. The number of benzene rings is 2. The summed E-state index contributed by atoms with van der Waals surface area (Å²) in [6, 6.07) is 15.9. The Bertz CT molecular complexity index is 1150. The first-order valence-electron chi connectivity index (χ1n) is 7.59. The van der Waals surface area contributed by atoms with E-state index in [0.717, 1.165) is 22.1 Å². The third-order valence-electron chi connectivity index (χ3n) is 4.09. The summed E-state index contributed by atoms with van der Waals surface area (Å²) in [5.41, 5.74) is 4.54. The van der Waals surface area contributed by atoms with Gasteiger partial charge in [0.15, 0.2) is 5.82 Å². The van der Waals surface area contributed by atoms with Gasteiger partial charge >= 0.3 is 0 Å². The molecule has 7 nitrogen and oxygen atoms in total. The van der Waals surface area contributed by atoms with Crippen LogP contribution in [0.3, 0.4) is 0 Å². The van der Waals surface area contributed by atoms with E-state index in [1.54, 1.807) is 4.68 Å². The lowest BCUT2D eigenvalue weighted by Gasteiger charge is -1.99. The van der Waals surface area contributed by atoms with Crippen molar-refractivity contribution in [2.45, 2.75) is 0 Å². The van der Waals surface area contributed by atoms with Crippen LogP contribution in [0.4, 0.5) is 0 Å². The first-order chi connectivity index (χ1) is 11.8. The SMILES string of the molecule is Cn1c(-n2cc(-c3nc4ccccc4[nH]3)nn2)nc2ccccc21. The number of nitrogens with zero attached hydrogens (tertiary/aromatic N) is 6. The molecule has 0 aliphatic rings. The Morgan fingerprint density at radius 3 is 2.54 bits per heavy atom. The number of hydrogen-bond acceptors (Lipinski definition) is 4. The van der Waals surface area contributed by atoms with Crippen LogP contribution in [-0.4, -0.2) is 34.5 Å². The van der Waals surface area contributed by atoms with Gasteiger partial charge in [0.25, 0.3) is 0 Å². The Kier molecular flexibility index (Phi) is 2.58. The number of H-pyrrole nitrogens is 1. The van der Waals surface area contributed by atoms with Gasteiger partial charge in [-0.2, -0.15) is 4.68 Å². The first-order valence-corrected chi connectivity index (χ1v) is 7.59. The number of imidazole rings is 2. The van der Waals surface area contributed by atoms with Gasteiger partial charge in [0.1, 0.15) is 5.69 Å². The topological polar surface area (TPSA) is 77.2 Å². The lowest BCUT2D eigenvalue weighted by molar-refractivity contribution is 0.723. The van der Waals surface area contributed by atoms with Crippen LogP contribution in [0.25, 0.3) is 39.5 Å². The van der Waals surface area contributed by atoms with Gasteiger partial charge in [0.2, 0.25) is 5.95 Å². The first kappa shape index (κ1) is 13.0. The fourth-order valence-corrected chi connectivity index (χ4v) is 2.88. The smallest absolute Gasteiger partial charge is 0.232 e. The Morgan fingerprint density at radius 2 is 1.71 bits per heavy atom. The van der Waals surface area contributed by atoms with Gasteiger partial charge in [-0.1, -0.05) is 29.5 Å². The highest BCUT2D eigenvalue weighted by atomic mass is 15.5. The second-order valence-corrected chi connectivity index (χ2v) is 5.61. The number of aromatic amines is 1. The van der Waals surface area contributed by atoms with Crippen molar-refractivity contribution in [3.05, 3.63) is 54.7 Å². The molecule has 5 aromatic rings. The zero-order valence-electron chi connectivity index (χ0n) is 12.9. The molecule has 5 rings (SSSR count). The molecule has 0 fully saturated rings. The summed E-state index contributed by atoms with van der Waals surface area (Å²) in [5.74, 6) is 1.41. The van der Waals surface area contributed by atoms with E-state index in [2.05, 4.69) is 25.3 Å². The van der Waals surface area contributed by atoms with Crippen LogP contribution in [0.5, 0.6) is 0 Å². The summed E-state index contributed by atoms with van der Waals surface area (Å²) in [6.45, 7) is 0. The van der Waals surface area contributed by atoms with Crippen LogP contribution in [0.1, 0.15) is 0 Å². The minimum Gasteiger partial charge on any atom is -0.337 e. The van der Waals surface area contributed by atoms with Crippen LogP contribution < -0.4 is 0 Å². The van der Waals surface area contributed by atoms with Crippen LogP contribution in [-0.2, 0) is 7.05 Å². The van der Waals surface area contributed by atoms with Crippen molar-refractivity contribution in [2.75, 3.05) is 0 Å². The summed E-state index contributed by atoms with van der Waals surface area (Å²) in [5, 5.41) is 8.45. The molecule has 0 saturated heterocycles. The Morgan fingerprint density at radius 1 is 0.917 bits per heavy atom. The molecule has 2 aromatic carbocycles. The number of fused-ring (bicyclic) bond motifs is 2. The van der Waals surface area contributed by atoms with Crippen molar-refractivity contribution < 1.29 is 0 Å². The van der Waals surface area contributed by atoms with Crippen molar-refractivity contribution in [2.24, 2.45) is 7.05 Å². The van der Waals surface area contributed by atoms with Gasteiger partial charge in [0, 0.05) is 7.05 Å². The van der Waals surface area contributed by atoms with Gasteiger partial charge in [-0.25, -0.2) is 9.97 Å². The summed E-state index contributed by atoms with van der Waals surface area (Å²) in [6.07, 6.45) is 1.83. The molecule has 3 aromatic heterocycles. The lowest BCUT2D eigenvalue weighted by Crippen LogP contribution is -2.03. The number of nitrogens with one attached hydrogen (secondary N) is 1. The van der Waals surface area contributed by atoms with E-state index >= 15 is 0 Å². The van der Waals surface area contributed by atoms with E-state index in [1.165, 1.54) is 0 Å². The molecule has 0 aliphatic carbocycles. The van der Waals surface area contributed by atoms with Crippen molar-refractivity contribution in [1.29, 1.82) is 0 Å². The van der Waals surface area contributed by atoms with Crippen molar-refractivity contribution in [3.8, 4) is 17.5 Å². The molecule has 116 valence electrons. The predicted octanol–water partition coefficient (Wildman–Crippen LogP) is 2.70. The second-order valence-electron chi connectivity index (χ2n) is 5.61. The predicted molar refractivity (Wildman–Crippen MR) is 90.7 cm³/mol. The number of rotatable bonds is 2. The molecule has 0 saturated carbocycles. The molecule has 0 amide bonds. The quantitative estimate of drug-likeness (QED) is 0.543. The van der Waals surface area contributed by atoms with Crippen molar-refractivity contribution in [3.63, 3.8) is 0 Å². The van der Waals surface area contributed by atoms with Gasteiger partial charge in [-0.15, -0.1) is 5.10 Å². The highest BCUT2D eigenvalue weighted by molar-refractivity contribution is 5.79. The summed E-state index contributed by atoms with van der Waals surface area (Å²) < 4.78 is 3.66. The van der Waals surface area contributed by atoms with Crippen molar-refractivity contribution in [1.82, 2.24) is 34.5 Å².